The second-order valence-electron chi connectivity index (χ2n) is 5.78. The minimum absolute atomic E-state index is 0.426. The maximum absolute atomic E-state index is 5.94. The van der Waals surface area contributed by atoms with Gasteiger partial charge in [-0.2, -0.15) is 0 Å². The third-order valence-corrected chi connectivity index (χ3v) is 4.46. The number of nitrogens with zero attached hydrogens (tertiary/aromatic N) is 1. The maximum Gasteiger partial charge on any atom is 0.0827 e. The molecule has 1 aliphatic carbocycles. The number of fused-ring (bicyclic) bond motifs is 1. The zero-order valence-electron chi connectivity index (χ0n) is 10.3. The van der Waals surface area contributed by atoms with Crippen molar-refractivity contribution >= 4 is 0 Å². The van der Waals surface area contributed by atoms with E-state index in [1.54, 1.807) is 0 Å². The van der Waals surface area contributed by atoms with Crippen LogP contribution in [0.1, 0.15) is 32.6 Å². The zero-order valence-corrected chi connectivity index (χ0v) is 10.3. The van der Waals surface area contributed by atoms with Crippen LogP contribution in [-0.2, 0) is 4.74 Å². The quantitative estimate of drug-likeness (QED) is 0.777. The summed E-state index contributed by atoms with van der Waals surface area (Å²) < 4.78 is 5.94. The minimum Gasteiger partial charge on any atom is -0.374 e. The lowest BCUT2D eigenvalue weighted by molar-refractivity contribution is -0.0478. The number of nitrogens with one attached hydrogen (secondary N) is 1. The highest BCUT2D eigenvalue weighted by molar-refractivity contribution is 4.88. The van der Waals surface area contributed by atoms with Crippen molar-refractivity contribution in [1.29, 1.82) is 0 Å². The van der Waals surface area contributed by atoms with Gasteiger partial charge in [-0.1, -0.05) is 0 Å². The molecule has 1 N–H and O–H groups in total. The summed E-state index contributed by atoms with van der Waals surface area (Å²) in [5, 5.41) is 3.64. The normalized spacial score (nSPS) is 37.3. The molecule has 0 radical (unpaired) electrons. The van der Waals surface area contributed by atoms with Crippen LogP contribution in [-0.4, -0.2) is 49.3 Å². The molecular weight excluding hydrogens is 200 g/mol. The highest BCUT2D eigenvalue weighted by Gasteiger charge is 2.33. The number of hydrogen-bond donors (Lipinski definition) is 1. The number of morpholine rings is 1. The number of rotatable bonds is 4. The highest BCUT2D eigenvalue weighted by atomic mass is 16.5. The molecule has 0 aromatic carbocycles. The number of hydrogen-bond acceptors (Lipinski definition) is 3. The molecule has 3 atom stereocenters. The average Bonchev–Trinajstić information content (AvgIpc) is 3.04. The molecule has 0 aromatic rings. The molecule has 92 valence electrons. The summed E-state index contributed by atoms with van der Waals surface area (Å²) in [7, 11) is 0. The fourth-order valence-electron chi connectivity index (χ4n) is 3.09. The molecule has 3 fully saturated rings. The van der Waals surface area contributed by atoms with Crippen molar-refractivity contribution < 1.29 is 4.74 Å². The fraction of sp³-hybridized carbons (Fsp3) is 1.00. The molecule has 2 saturated heterocycles. The van der Waals surface area contributed by atoms with Gasteiger partial charge in [0.2, 0.25) is 0 Å². The lowest BCUT2D eigenvalue weighted by atomic mass is 10.1. The van der Waals surface area contributed by atoms with Gasteiger partial charge in [0.05, 0.1) is 12.7 Å². The van der Waals surface area contributed by atoms with Gasteiger partial charge < -0.3 is 10.1 Å². The Kier molecular flexibility index (Phi) is 3.18. The molecule has 0 spiro atoms. The van der Waals surface area contributed by atoms with Crippen molar-refractivity contribution in [3.8, 4) is 0 Å². The van der Waals surface area contributed by atoms with Crippen molar-refractivity contribution in [1.82, 2.24) is 10.2 Å². The van der Waals surface area contributed by atoms with Gasteiger partial charge in [-0.25, -0.2) is 0 Å². The molecule has 3 unspecified atom stereocenters. The molecule has 3 nitrogen and oxygen atoms in total. The molecule has 0 aromatic heterocycles. The van der Waals surface area contributed by atoms with E-state index in [2.05, 4.69) is 17.1 Å². The summed E-state index contributed by atoms with van der Waals surface area (Å²) in [6.45, 7) is 6.77. The predicted molar refractivity (Wildman–Crippen MR) is 64.5 cm³/mol. The smallest absolute Gasteiger partial charge is 0.0827 e. The monoisotopic (exact) mass is 224 g/mol. The SMILES string of the molecule is CC(NCC1CN2CCCC2CO1)C1CC1. The van der Waals surface area contributed by atoms with E-state index in [9.17, 15) is 0 Å². The summed E-state index contributed by atoms with van der Waals surface area (Å²) in [5.74, 6) is 0.947. The van der Waals surface area contributed by atoms with Gasteiger partial charge in [0.15, 0.2) is 0 Å². The van der Waals surface area contributed by atoms with E-state index in [4.69, 9.17) is 4.74 Å². The van der Waals surface area contributed by atoms with Crippen molar-refractivity contribution in [2.24, 2.45) is 5.92 Å². The minimum atomic E-state index is 0.426. The van der Waals surface area contributed by atoms with Crippen LogP contribution in [0.25, 0.3) is 0 Å². The maximum atomic E-state index is 5.94. The molecule has 3 aliphatic rings. The summed E-state index contributed by atoms with van der Waals surface area (Å²) >= 11 is 0. The van der Waals surface area contributed by atoms with Crippen LogP contribution in [0.5, 0.6) is 0 Å². The Morgan fingerprint density at radius 3 is 3.06 bits per heavy atom. The van der Waals surface area contributed by atoms with Crippen molar-refractivity contribution in [3.63, 3.8) is 0 Å². The van der Waals surface area contributed by atoms with E-state index >= 15 is 0 Å². The highest BCUT2D eigenvalue weighted by Crippen LogP contribution is 2.32. The van der Waals surface area contributed by atoms with Crippen molar-refractivity contribution in [2.45, 2.75) is 50.8 Å². The average molecular weight is 224 g/mol. The molecule has 0 amide bonds. The van der Waals surface area contributed by atoms with Gasteiger partial charge in [0, 0.05) is 25.2 Å². The Morgan fingerprint density at radius 1 is 1.38 bits per heavy atom. The van der Waals surface area contributed by atoms with E-state index in [1.807, 2.05) is 0 Å². The standard InChI is InChI=1S/C13H24N2O/c1-10(11-4-5-11)14-7-13-8-15-6-2-3-12(15)9-16-13/h10-14H,2-9H2,1H3. The molecule has 2 heterocycles. The van der Waals surface area contributed by atoms with Crippen molar-refractivity contribution in [3.05, 3.63) is 0 Å². The zero-order chi connectivity index (χ0) is 11.0. The van der Waals surface area contributed by atoms with Gasteiger partial charge in [-0.3, -0.25) is 4.90 Å². The second-order valence-corrected chi connectivity index (χ2v) is 5.78. The summed E-state index contributed by atoms with van der Waals surface area (Å²) in [5.41, 5.74) is 0. The molecule has 3 rings (SSSR count). The van der Waals surface area contributed by atoms with Crippen molar-refractivity contribution in [2.75, 3.05) is 26.2 Å². The van der Waals surface area contributed by atoms with Crippen LogP contribution in [0, 0.1) is 5.92 Å². The summed E-state index contributed by atoms with van der Waals surface area (Å²) in [6.07, 6.45) is 5.99. The van der Waals surface area contributed by atoms with E-state index in [-0.39, 0.29) is 0 Å². The molecule has 3 heteroatoms. The van der Waals surface area contributed by atoms with Gasteiger partial charge >= 0.3 is 0 Å². The Labute approximate surface area is 98.5 Å². The first kappa shape index (κ1) is 11.0. The van der Waals surface area contributed by atoms with Crippen LogP contribution < -0.4 is 5.32 Å². The first-order chi connectivity index (χ1) is 7.83. The third-order valence-electron chi connectivity index (χ3n) is 4.46. The topological polar surface area (TPSA) is 24.5 Å². The largest absolute Gasteiger partial charge is 0.374 e. The van der Waals surface area contributed by atoms with E-state index in [1.165, 1.54) is 32.2 Å². The van der Waals surface area contributed by atoms with Gasteiger partial charge in [-0.15, -0.1) is 0 Å². The predicted octanol–water partition coefficient (Wildman–Crippen LogP) is 1.24. The Morgan fingerprint density at radius 2 is 2.25 bits per heavy atom. The molecule has 1 saturated carbocycles. The van der Waals surface area contributed by atoms with Crippen LogP contribution in [0.15, 0.2) is 0 Å². The molecule has 0 bridgehead atoms. The van der Waals surface area contributed by atoms with Crippen LogP contribution in [0.4, 0.5) is 0 Å². The van der Waals surface area contributed by atoms with Crippen LogP contribution in [0.2, 0.25) is 0 Å². The second kappa shape index (κ2) is 4.63. The molecule has 16 heavy (non-hydrogen) atoms. The van der Waals surface area contributed by atoms with E-state index in [0.29, 0.717) is 12.1 Å². The van der Waals surface area contributed by atoms with Gasteiger partial charge in [-0.05, 0) is 45.1 Å². The van der Waals surface area contributed by atoms with Crippen LogP contribution in [0.3, 0.4) is 0 Å². The van der Waals surface area contributed by atoms with Crippen LogP contribution >= 0.6 is 0 Å². The first-order valence-corrected chi connectivity index (χ1v) is 6.92. The lowest BCUT2D eigenvalue weighted by Crippen LogP contribution is -2.50. The molecule has 2 aliphatic heterocycles. The first-order valence-electron chi connectivity index (χ1n) is 6.92. The van der Waals surface area contributed by atoms with Gasteiger partial charge in [0.25, 0.3) is 0 Å². The summed E-state index contributed by atoms with van der Waals surface area (Å²) in [4.78, 5) is 2.62. The molecular formula is C13H24N2O. The summed E-state index contributed by atoms with van der Waals surface area (Å²) in [6, 6.07) is 1.43. The van der Waals surface area contributed by atoms with E-state index in [0.717, 1.165) is 31.7 Å². The third kappa shape index (κ3) is 2.41. The Hall–Kier alpha value is -0.120. The number of ether oxygens (including phenoxy) is 1. The Balaban J connectivity index is 1.41. The lowest BCUT2D eigenvalue weighted by Gasteiger charge is -2.35. The van der Waals surface area contributed by atoms with E-state index < -0.39 is 0 Å². The fourth-order valence-corrected chi connectivity index (χ4v) is 3.09. The Bertz CT molecular complexity index is 242. The van der Waals surface area contributed by atoms with Gasteiger partial charge in [0.1, 0.15) is 0 Å².